The number of phenolic OH excluding ortho intramolecular Hbond substituents is 1. The summed E-state index contributed by atoms with van der Waals surface area (Å²) in [5.74, 6) is 1.17. The van der Waals surface area contributed by atoms with Gasteiger partial charge in [-0.25, -0.2) is 0 Å². The van der Waals surface area contributed by atoms with Gasteiger partial charge in [-0.15, -0.1) is 0 Å². The summed E-state index contributed by atoms with van der Waals surface area (Å²) in [6.07, 6.45) is 0. The van der Waals surface area contributed by atoms with E-state index in [9.17, 15) is 9.90 Å². The van der Waals surface area contributed by atoms with Crippen molar-refractivity contribution < 1.29 is 42.7 Å². The zero-order valence-corrected chi connectivity index (χ0v) is 25.7. The number of benzene rings is 3. The maximum Gasteiger partial charge on any atom is 0.182 e. The fourth-order valence-electron chi connectivity index (χ4n) is 5.14. The number of fused-ring (bicyclic) bond motifs is 2. The molecule has 1 N–H and O–H groups in total. The number of hydrogen-bond acceptors (Lipinski definition) is 11. The van der Waals surface area contributed by atoms with Crippen LogP contribution in [0.15, 0.2) is 63.8 Å². The zero-order valence-electron chi connectivity index (χ0n) is 25.7. The van der Waals surface area contributed by atoms with Crippen molar-refractivity contribution in [1.82, 2.24) is 0 Å². The summed E-state index contributed by atoms with van der Waals surface area (Å²) in [6.45, 7) is 6.91. The fourth-order valence-corrected chi connectivity index (χ4v) is 5.14. The largest absolute Gasteiger partial charge is 0.508 e. The molecule has 1 fully saturated rings. The lowest BCUT2D eigenvalue weighted by molar-refractivity contribution is -0.0116. The lowest BCUT2D eigenvalue weighted by atomic mass is 9.93. The van der Waals surface area contributed by atoms with Crippen LogP contribution >= 0.6 is 0 Å². The summed E-state index contributed by atoms with van der Waals surface area (Å²) in [5.41, 5.74) is 3.70. The third kappa shape index (κ3) is 9.16. The first-order valence-electron chi connectivity index (χ1n) is 15.2. The number of phenols is 1. The highest BCUT2D eigenvalue weighted by Gasteiger charge is 2.21. The zero-order chi connectivity index (χ0) is 31.3. The Morgan fingerprint density at radius 1 is 0.733 bits per heavy atom. The molecule has 0 aromatic heterocycles. The highest BCUT2D eigenvalue weighted by Crippen LogP contribution is 2.43. The summed E-state index contributed by atoms with van der Waals surface area (Å²) in [5, 5.41) is 11.0. The molecule has 0 bridgehead atoms. The van der Waals surface area contributed by atoms with Gasteiger partial charge in [-0.3, -0.25) is 4.79 Å². The first-order valence-corrected chi connectivity index (χ1v) is 15.2. The Morgan fingerprint density at radius 2 is 1.38 bits per heavy atom. The quantitative estimate of drug-likeness (QED) is 0.246. The summed E-state index contributed by atoms with van der Waals surface area (Å²) >= 11 is 0. The molecule has 11 heteroatoms. The van der Waals surface area contributed by atoms with E-state index in [4.69, 9.17) is 37.6 Å². The number of anilines is 1. The second-order valence-corrected chi connectivity index (χ2v) is 10.4. The second-order valence-electron chi connectivity index (χ2n) is 10.4. The predicted molar refractivity (Wildman–Crippen MR) is 170 cm³/mol. The van der Waals surface area contributed by atoms with Crippen LogP contribution < -0.4 is 15.1 Å². The monoisotopic (exact) mass is 623 g/mol. The van der Waals surface area contributed by atoms with Gasteiger partial charge in [0.2, 0.25) is 0 Å². The Balaban J connectivity index is 1.47. The molecule has 11 nitrogen and oxygen atoms in total. The van der Waals surface area contributed by atoms with Gasteiger partial charge < -0.3 is 47.6 Å². The number of hydrogen-bond donors (Lipinski definition) is 1. The second kappa shape index (κ2) is 17.1. The van der Waals surface area contributed by atoms with Gasteiger partial charge in [0.25, 0.3) is 0 Å². The van der Waals surface area contributed by atoms with Crippen molar-refractivity contribution in [3.05, 3.63) is 64.8 Å². The number of methoxy groups -OCH3 is 1. The Bertz CT molecular complexity index is 1500. The van der Waals surface area contributed by atoms with Crippen molar-refractivity contribution in [1.29, 1.82) is 0 Å². The standard InChI is InChI=1S/C34H41NO10/c1-38-12-21-44-33-22-25(34-28-5-3-26(36)23-31(28)45-32-24-27(37)4-6-29(32)34)2-7-30(33)35-8-10-39-13-15-41-17-19-43-20-18-42-16-14-40-11-9-35/h2-7,22-24,36H,8-21H2,1H3. The van der Waals surface area contributed by atoms with Gasteiger partial charge in [-0.2, -0.15) is 0 Å². The van der Waals surface area contributed by atoms with Gasteiger partial charge >= 0.3 is 0 Å². The van der Waals surface area contributed by atoms with Crippen molar-refractivity contribution in [2.24, 2.45) is 0 Å². The molecule has 2 heterocycles. The maximum absolute atomic E-state index is 12.2. The molecule has 1 aliphatic carbocycles. The first kappa shape index (κ1) is 32.7. The highest BCUT2D eigenvalue weighted by molar-refractivity contribution is 6.02. The molecule has 5 rings (SSSR count). The number of rotatable bonds is 6. The molecule has 242 valence electrons. The minimum absolute atomic E-state index is 0.0733. The van der Waals surface area contributed by atoms with Gasteiger partial charge in [-0.1, -0.05) is 6.07 Å². The first-order chi connectivity index (χ1) is 22.1. The molecule has 3 aliphatic rings. The summed E-state index contributed by atoms with van der Waals surface area (Å²) in [4.78, 5) is 14.4. The molecule has 2 aromatic rings. The van der Waals surface area contributed by atoms with Crippen LogP contribution in [0.5, 0.6) is 11.5 Å². The van der Waals surface area contributed by atoms with Gasteiger partial charge in [0.15, 0.2) is 5.43 Å². The molecule has 0 radical (unpaired) electrons. The Kier molecular flexibility index (Phi) is 12.4. The molecule has 0 unspecified atom stereocenters. The molecular weight excluding hydrogens is 582 g/mol. The molecule has 0 saturated carbocycles. The van der Waals surface area contributed by atoms with Crippen LogP contribution in [0.1, 0.15) is 0 Å². The van der Waals surface area contributed by atoms with Crippen molar-refractivity contribution in [3.8, 4) is 33.9 Å². The molecule has 0 atom stereocenters. The number of aromatic hydroxyl groups is 1. The van der Waals surface area contributed by atoms with E-state index in [1.165, 1.54) is 12.1 Å². The number of ether oxygens (including phenoxy) is 7. The average Bonchev–Trinajstić information content (AvgIpc) is 3.03. The van der Waals surface area contributed by atoms with Crippen molar-refractivity contribution >= 4 is 16.7 Å². The van der Waals surface area contributed by atoms with E-state index < -0.39 is 0 Å². The lowest BCUT2D eigenvalue weighted by Crippen LogP contribution is -2.32. The molecule has 0 spiro atoms. The third-order valence-corrected chi connectivity index (χ3v) is 7.31. The minimum atomic E-state index is -0.161. The smallest absolute Gasteiger partial charge is 0.182 e. The third-order valence-electron chi connectivity index (χ3n) is 7.31. The Morgan fingerprint density at radius 3 is 2.02 bits per heavy atom. The Labute approximate surface area is 262 Å². The topological polar surface area (TPSA) is 118 Å². The van der Waals surface area contributed by atoms with Crippen LogP contribution in [0, 0.1) is 0 Å². The van der Waals surface area contributed by atoms with Gasteiger partial charge in [0.05, 0.1) is 78.4 Å². The van der Waals surface area contributed by atoms with E-state index in [0.717, 1.165) is 27.8 Å². The average molecular weight is 624 g/mol. The summed E-state index contributed by atoms with van der Waals surface area (Å²) in [7, 11) is 1.64. The van der Waals surface area contributed by atoms with E-state index in [1.807, 2.05) is 24.3 Å². The Hall–Kier alpha value is -3.71. The molecular formula is C34H41NO10. The van der Waals surface area contributed by atoms with Crippen LogP contribution in [-0.4, -0.2) is 105 Å². The van der Waals surface area contributed by atoms with Crippen LogP contribution in [0.25, 0.3) is 33.4 Å². The minimum Gasteiger partial charge on any atom is -0.508 e. The van der Waals surface area contributed by atoms with E-state index in [1.54, 1.807) is 25.3 Å². The van der Waals surface area contributed by atoms with E-state index >= 15 is 0 Å². The van der Waals surface area contributed by atoms with Crippen LogP contribution in [-0.2, 0) is 28.4 Å². The van der Waals surface area contributed by atoms with Gasteiger partial charge in [0, 0.05) is 48.8 Å². The molecule has 0 amide bonds. The normalized spacial score (nSPS) is 16.8. The van der Waals surface area contributed by atoms with Crippen LogP contribution in [0.4, 0.5) is 5.69 Å². The van der Waals surface area contributed by atoms with E-state index in [2.05, 4.69) is 4.90 Å². The van der Waals surface area contributed by atoms with Crippen molar-refractivity contribution in [2.45, 2.75) is 0 Å². The molecule has 2 aromatic carbocycles. The van der Waals surface area contributed by atoms with E-state index in [-0.39, 0.29) is 11.2 Å². The van der Waals surface area contributed by atoms with E-state index in [0.29, 0.717) is 109 Å². The molecule has 1 saturated heterocycles. The van der Waals surface area contributed by atoms with Crippen LogP contribution in [0.2, 0.25) is 0 Å². The predicted octanol–water partition coefficient (Wildman–Crippen LogP) is 4.20. The maximum atomic E-state index is 12.2. The molecule has 45 heavy (non-hydrogen) atoms. The van der Waals surface area contributed by atoms with Gasteiger partial charge in [0.1, 0.15) is 29.4 Å². The van der Waals surface area contributed by atoms with Crippen LogP contribution in [0.3, 0.4) is 0 Å². The SMILES string of the molecule is COCCOc1cc(-c2c3ccc(=O)cc-3oc3cc(O)ccc23)ccc1N1CCOCCOCCOCCOCCOCC1. The summed E-state index contributed by atoms with van der Waals surface area (Å²) < 4.78 is 46.1. The summed E-state index contributed by atoms with van der Waals surface area (Å²) in [6, 6.07) is 15.8. The number of nitrogens with zero attached hydrogens (tertiary/aromatic N) is 1. The molecule has 2 aliphatic heterocycles. The van der Waals surface area contributed by atoms with Crippen molar-refractivity contribution in [3.63, 3.8) is 0 Å². The fraction of sp³-hybridized carbons (Fsp3) is 0.441. The highest BCUT2D eigenvalue weighted by atomic mass is 16.6. The lowest BCUT2D eigenvalue weighted by Gasteiger charge is -2.28. The van der Waals surface area contributed by atoms with Gasteiger partial charge in [-0.05, 0) is 42.0 Å². The van der Waals surface area contributed by atoms with Crippen molar-refractivity contribution in [2.75, 3.05) is 104 Å².